The maximum absolute atomic E-state index is 5.52. The Kier molecular flexibility index (Phi) is 3.86. The number of rotatable bonds is 4. The van der Waals surface area contributed by atoms with Crippen molar-refractivity contribution in [3.63, 3.8) is 0 Å². The van der Waals surface area contributed by atoms with Crippen LogP contribution in [0, 0.1) is 0 Å². The van der Waals surface area contributed by atoms with Gasteiger partial charge in [-0.25, -0.2) is 0 Å². The third kappa shape index (κ3) is 3.13. The van der Waals surface area contributed by atoms with Gasteiger partial charge in [-0.2, -0.15) is 0 Å². The summed E-state index contributed by atoms with van der Waals surface area (Å²) in [6.07, 6.45) is 3.61. The van der Waals surface area contributed by atoms with Gasteiger partial charge >= 0.3 is 0 Å². The molecule has 1 aromatic rings. The maximum atomic E-state index is 5.52. The lowest BCUT2D eigenvalue weighted by atomic mass is 10.1. The van der Waals surface area contributed by atoms with Gasteiger partial charge in [0.05, 0.1) is 0 Å². The van der Waals surface area contributed by atoms with Crippen LogP contribution in [0.25, 0.3) is 0 Å². The number of hydrogen-bond acceptors (Lipinski definition) is 3. The minimum Gasteiger partial charge on any atom is -0.329 e. The zero-order chi connectivity index (χ0) is 9.68. The van der Waals surface area contributed by atoms with Gasteiger partial charge in [-0.3, -0.25) is 4.98 Å². The van der Waals surface area contributed by atoms with Crippen molar-refractivity contribution in [3.05, 3.63) is 30.1 Å². The number of hydrogen-bond donors (Lipinski definition) is 2. The SMILES string of the molecule is CC(CN)N[C@H](C)c1ccncc1. The molecule has 0 aliphatic rings. The van der Waals surface area contributed by atoms with Crippen LogP contribution in [0.4, 0.5) is 0 Å². The first-order chi connectivity index (χ1) is 6.24. The van der Waals surface area contributed by atoms with Crippen molar-refractivity contribution in [1.82, 2.24) is 10.3 Å². The quantitative estimate of drug-likeness (QED) is 0.727. The van der Waals surface area contributed by atoms with E-state index >= 15 is 0 Å². The summed E-state index contributed by atoms with van der Waals surface area (Å²) in [7, 11) is 0. The molecule has 2 atom stereocenters. The van der Waals surface area contributed by atoms with Gasteiger partial charge < -0.3 is 11.1 Å². The molecule has 1 unspecified atom stereocenters. The van der Waals surface area contributed by atoms with E-state index in [1.54, 1.807) is 12.4 Å². The Morgan fingerprint density at radius 2 is 2.00 bits per heavy atom. The van der Waals surface area contributed by atoms with Crippen molar-refractivity contribution in [2.75, 3.05) is 6.54 Å². The fourth-order valence-electron chi connectivity index (χ4n) is 1.24. The van der Waals surface area contributed by atoms with Gasteiger partial charge in [-0.15, -0.1) is 0 Å². The molecule has 0 aliphatic carbocycles. The molecule has 3 nitrogen and oxygen atoms in total. The second-order valence-electron chi connectivity index (χ2n) is 3.31. The van der Waals surface area contributed by atoms with Crippen LogP contribution in [-0.2, 0) is 0 Å². The number of nitrogens with two attached hydrogens (primary N) is 1. The number of nitrogens with zero attached hydrogens (tertiary/aromatic N) is 1. The Hall–Kier alpha value is -0.930. The Balaban J connectivity index is 2.53. The van der Waals surface area contributed by atoms with Crippen LogP contribution in [0.15, 0.2) is 24.5 Å². The summed E-state index contributed by atoms with van der Waals surface area (Å²) in [5, 5.41) is 3.39. The van der Waals surface area contributed by atoms with Crippen LogP contribution in [0.2, 0.25) is 0 Å². The molecule has 0 fully saturated rings. The zero-order valence-electron chi connectivity index (χ0n) is 8.20. The molecule has 13 heavy (non-hydrogen) atoms. The fraction of sp³-hybridized carbons (Fsp3) is 0.500. The van der Waals surface area contributed by atoms with Crippen molar-refractivity contribution in [1.29, 1.82) is 0 Å². The second-order valence-corrected chi connectivity index (χ2v) is 3.31. The second kappa shape index (κ2) is 4.94. The summed E-state index contributed by atoms with van der Waals surface area (Å²) >= 11 is 0. The van der Waals surface area contributed by atoms with Crippen molar-refractivity contribution >= 4 is 0 Å². The summed E-state index contributed by atoms with van der Waals surface area (Å²) in [6.45, 7) is 4.87. The standard InChI is InChI=1S/C10H17N3/c1-8(7-11)13-9(2)10-3-5-12-6-4-10/h3-6,8-9,13H,7,11H2,1-2H3/t8?,9-/m1/s1. The summed E-state index contributed by atoms with van der Waals surface area (Å²) in [6, 6.07) is 4.71. The molecule has 3 N–H and O–H groups in total. The molecular weight excluding hydrogens is 162 g/mol. The molecule has 0 bridgehead atoms. The summed E-state index contributed by atoms with van der Waals surface area (Å²) < 4.78 is 0. The average Bonchev–Trinajstić information content (AvgIpc) is 2.19. The summed E-state index contributed by atoms with van der Waals surface area (Å²) in [4.78, 5) is 3.97. The highest BCUT2D eigenvalue weighted by Crippen LogP contribution is 2.10. The smallest absolute Gasteiger partial charge is 0.0295 e. The fourth-order valence-corrected chi connectivity index (χ4v) is 1.24. The lowest BCUT2D eigenvalue weighted by molar-refractivity contribution is 0.485. The zero-order valence-corrected chi connectivity index (χ0v) is 8.20. The largest absolute Gasteiger partial charge is 0.329 e. The Morgan fingerprint density at radius 3 is 2.54 bits per heavy atom. The van der Waals surface area contributed by atoms with E-state index in [0.29, 0.717) is 18.6 Å². The molecule has 1 heterocycles. The van der Waals surface area contributed by atoms with E-state index in [0.717, 1.165) is 0 Å². The monoisotopic (exact) mass is 179 g/mol. The van der Waals surface area contributed by atoms with E-state index in [2.05, 4.69) is 24.1 Å². The highest BCUT2D eigenvalue weighted by Gasteiger charge is 2.06. The highest BCUT2D eigenvalue weighted by molar-refractivity contribution is 5.14. The summed E-state index contributed by atoms with van der Waals surface area (Å²) in [5.41, 5.74) is 6.77. The Labute approximate surface area is 79.4 Å². The third-order valence-corrected chi connectivity index (χ3v) is 2.09. The van der Waals surface area contributed by atoms with Crippen LogP contribution in [0.1, 0.15) is 25.5 Å². The first-order valence-corrected chi connectivity index (χ1v) is 4.60. The van der Waals surface area contributed by atoms with Crippen LogP contribution in [-0.4, -0.2) is 17.6 Å². The van der Waals surface area contributed by atoms with Crippen LogP contribution in [0.3, 0.4) is 0 Å². The summed E-state index contributed by atoms with van der Waals surface area (Å²) in [5.74, 6) is 0. The molecule has 72 valence electrons. The van der Waals surface area contributed by atoms with Gasteiger partial charge in [0.2, 0.25) is 0 Å². The molecule has 1 rings (SSSR count). The number of aromatic nitrogens is 1. The molecule has 0 saturated heterocycles. The molecule has 3 heteroatoms. The van der Waals surface area contributed by atoms with Crippen LogP contribution < -0.4 is 11.1 Å². The van der Waals surface area contributed by atoms with Gasteiger partial charge in [0, 0.05) is 31.0 Å². The van der Waals surface area contributed by atoms with Gasteiger partial charge in [-0.05, 0) is 31.5 Å². The highest BCUT2D eigenvalue weighted by atomic mass is 15.0. The molecule has 1 aromatic heterocycles. The molecule has 0 saturated carbocycles. The van der Waals surface area contributed by atoms with Gasteiger partial charge in [0.15, 0.2) is 0 Å². The van der Waals surface area contributed by atoms with E-state index in [1.165, 1.54) is 5.56 Å². The molecule has 0 aromatic carbocycles. The minimum absolute atomic E-state index is 0.335. The predicted molar refractivity (Wildman–Crippen MR) is 54.3 cm³/mol. The van der Waals surface area contributed by atoms with E-state index in [1.807, 2.05) is 12.1 Å². The van der Waals surface area contributed by atoms with E-state index in [4.69, 9.17) is 5.73 Å². The van der Waals surface area contributed by atoms with Gasteiger partial charge in [0.1, 0.15) is 0 Å². The van der Waals surface area contributed by atoms with E-state index in [9.17, 15) is 0 Å². The number of nitrogens with one attached hydrogen (secondary N) is 1. The predicted octanol–water partition coefficient (Wildman–Crippen LogP) is 1.08. The minimum atomic E-state index is 0.335. The van der Waals surface area contributed by atoms with E-state index in [-0.39, 0.29) is 0 Å². The van der Waals surface area contributed by atoms with Gasteiger partial charge in [-0.1, -0.05) is 0 Å². The van der Waals surface area contributed by atoms with E-state index < -0.39 is 0 Å². The lowest BCUT2D eigenvalue weighted by Gasteiger charge is -2.18. The van der Waals surface area contributed by atoms with Crippen molar-refractivity contribution in [2.24, 2.45) is 5.73 Å². The molecule has 0 spiro atoms. The molecular formula is C10H17N3. The average molecular weight is 179 g/mol. The molecule has 0 aliphatic heterocycles. The van der Waals surface area contributed by atoms with Gasteiger partial charge in [0.25, 0.3) is 0 Å². The maximum Gasteiger partial charge on any atom is 0.0295 e. The Bertz CT molecular complexity index is 235. The first-order valence-electron chi connectivity index (χ1n) is 4.60. The van der Waals surface area contributed by atoms with Crippen molar-refractivity contribution in [3.8, 4) is 0 Å². The molecule has 0 amide bonds. The van der Waals surface area contributed by atoms with Crippen LogP contribution in [0.5, 0.6) is 0 Å². The lowest BCUT2D eigenvalue weighted by Crippen LogP contribution is -2.34. The van der Waals surface area contributed by atoms with Crippen LogP contribution >= 0.6 is 0 Å². The third-order valence-electron chi connectivity index (χ3n) is 2.09. The topological polar surface area (TPSA) is 50.9 Å². The normalized spacial score (nSPS) is 15.3. The number of pyridine rings is 1. The van der Waals surface area contributed by atoms with Crippen molar-refractivity contribution in [2.45, 2.75) is 25.9 Å². The Morgan fingerprint density at radius 1 is 1.38 bits per heavy atom. The van der Waals surface area contributed by atoms with Crippen molar-refractivity contribution < 1.29 is 0 Å². The molecule has 0 radical (unpaired) electrons. The first kappa shape index (κ1) is 10.2.